The van der Waals surface area contributed by atoms with Crippen LogP contribution >= 0.6 is 8.38 Å². The number of benzene rings is 1. The highest BCUT2D eigenvalue weighted by molar-refractivity contribution is 7.54. The van der Waals surface area contributed by atoms with Crippen molar-refractivity contribution in [2.75, 3.05) is 0 Å². The average Bonchev–Trinajstić information content (AvgIpc) is 2.00. The first-order valence-electron chi connectivity index (χ1n) is 2.85. The molecule has 2 N–H and O–H groups in total. The molecular formula is C6H4F3O2P. The van der Waals surface area contributed by atoms with Crippen molar-refractivity contribution in [3.8, 4) is 0 Å². The summed E-state index contributed by atoms with van der Waals surface area (Å²) in [5.41, 5.74) is 0. The van der Waals surface area contributed by atoms with Crippen LogP contribution in [0, 0.1) is 17.5 Å². The molecule has 6 heteroatoms. The molecule has 0 saturated heterocycles. The number of halogens is 3. The molecule has 0 aliphatic rings. The molecule has 0 fully saturated rings. The van der Waals surface area contributed by atoms with Gasteiger partial charge < -0.3 is 9.79 Å². The molecular weight excluding hydrogens is 192 g/mol. The summed E-state index contributed by atoms with van der Waals surface area (Å²) < 4.78 is 37.2. The molecule has 1 aromatic rings. The van der Waals surface area contributed by atoms with E-state index in [1.807, 2.05) is 0 Å². The summed E-state index contributed by atoms with van der Waals surface area (Å²) in [6.07, 6.45) is 0. The van der Waals surface area contributed by atoms with Gasteiger partial charge >= 0.3 is 0 Å². The molecule has 0 heterocycles. The molecule has 0 unspecified atom stereocenters. The third-order valence-corrected chi connectivity index (χ3v) is 2.01. The molecule has 12 heavy (non-hydrogen) atoms. The van der Waals surface area contributed by atoms with Crippen LogP contribution in [0.4, 0.5) is 13.2 Å². The molecule has 66 valence electrons. The summed E-state index contributed by atoms with van der Waals surface area (Å²) >= 11 is 0. The van der Waals surface area contributed by atoms with Gasteiger partial charge in [0.25, 0.3) is 0 Å². The van der Waals surface area contributed by atoms with E-state index in [4.69, 9.17) is 9.79 Å². The molecule has 0 spiro atoms. The number of hydrogen-bond donors (Lipinski definition) is 2. The minimum absolute atomic E-state index is 0.621. The fourth-order valence-electron chi connectivity index (χ4n) is 0.670. The zero-order valence-electron chi connectivity index (χ0n) is 5.63. The summed E-state index contributed by atoms with van der Waals surface area (Å²) in [4.78, 5) is 17.0. The van der Waals surface area contributed by atoms with E-state index in [1.54, 1.807) is 0 Å². The van der Waals surface area contributed by atoms with Crippen molar-refractivity contribution in [1.82, 2.24) is 0 Å². The maximum absolute atomic E-state index is 12.6. The van der Waals surface area contributed by atoms with Gasteiger partial charge in [-0.15, -0.1) is 0 Å². The Morgan fingerprint density at radius 2 is 1.58 bits per heavy atom. The molecule has 0 bridgehead atoms. The first-order valence-corrected chi connectivity index (χ1v) is 4.10. The maximum Gasteiger partial charge on any atom is 0.202 e. The van der Waals surface area contributed by atoms with Gasteiger partial charge in [0.05, 0.1) is 5.30 Å². The van der Waals surface area contributed by atoms with Gasteiger partial charge in [0.15, 0.2) is 17.5 Å². The van der Waals surface area contributed by atoms with Crippen molar-refractivity contribution >= 4 is 13.7 Å². The minimum Gasteiger partial charge on any atom is -0.347 e. The van der Waals surface area contributed by atoms with Crippen LogP contribution in [0.1, 0.15) is 0 Å². The first kappa shape index (κ1) is 9.45. The maximum atomic E-state index is 12.6. The lowest BCUT2D eigenvalue weighted by Crippen LogP contribution is -2.09. The van der Waals surface area contributed by atoms with E-state index in [2.05, 4.69) is 0 Å². The van der Waals surface area contributed by atoms with Crippen LogP contribution in [0.15, 0.2) is 12.1 Å². The Balaban J connectivity index is 3.27. The Kier molecular flexibility index (Phi) is 2.67. The fourth-order valence-corrected chi connectivity index (χ4v) is 1.15. The van der Waals surface area contributed by atoms with Gasteiger partial charge in [-0.2, -0.15) is 0 Å². The van der Waals surface area contributed by atoms with E-state index in [0.717, 1.165) is 6.07 Å². The highest BCUT2D eigenvalue weighted by Gasteiger charge is 2.17. The Hall–Kier alpha value is -0.640. The molecule has 2 nitrogen and oxygen atoms in total. The molecule has 0 saturated carbocycles. The predicted molar refractivity (Wildman–Crippen MR) is 37.3 cm³/mol. The summed E-state index contributed by atoms with van der Waals surface area (Å²) in [5.74, 6) is -4.60. The average molecular weight is 196 g/mol. The molecule has 0 amide bonds. The third kappa shape index (κ3) is 1.58. The van der Waals surface area contributed by atoms with Crippen LogP contribution in [0.25, 0.3) is 0 Å². The summed E-state index contributed by atoms with van der Waals surface area (Å²) in [7, 11) is -2.73. The van der Waals surface area contributed by atoms with Crippen LogP contribution in [0.3, 0.4) is 0 Å². The monoisotopic (exact) mass is 196 g/mol. The summed E-state index contributed by atoms with van der Waals surface area (Å²) in [5, 5.41) is -0.621. The Labute approximate surface area is 67.2 Å². The second-order valence-electron chi connectivity index (χ2n) is 1.98. The van der Waals surface area contributed by atoms with Gasteiger partial charge in [-0.1, -0.05) is 0 Å². The zero-order chi connectivity index (χ0) is 9.30. The fraction of sp³-hybridized carbons (Fsp3) is 0. The predicted octanol–water partition coefficient (Wildman–Crippen LogP) is 1.03. The lowest BCUT2D eigenvalue weighted by Gasteiger charge is -2.04. The molecule has 0 atom stereocenters. The number of rotatable bonds is 1. The van der Waals surface area contributed by atoms with Crippen molar-refractivity contribution in [2.45, 2.75) is 0 Å². The van der Waals surface area contributed by atoms with E-state index in [-0.39, 0.29) is 0 Å². The molecule has 1 rings (SSSR count). The Morgan fingerprint density at radius 1 is 1.00 bits per heavy atom. The van der Waals surface area contributed by atoms with Crippen LogP contribution in [-0.4, -0.2) is 9.79 Å². The van der Waals surface area contributed by atoms with Crippen molar-refractivity contribution in [3.63, 3.8) is 0 Å². The SMILES string of the molecule is OP(O)c1ccc(F)c(F)c1F. The van der Waals surface area contributed by atoms with Gasteiger partial charge in [-0.25, -0.2) is 13.2 Å². The Bertz CT molecular complexity index is 303. The standard InChI is InChI=1S/C6H4F3O2P/c7-3-1-2-4(12(10)11)6(9)5(3)8/h1-2,10-11H. The lowest BCUT2D eigenvalue weighted by molar-refractivity contribution is 0.446. The van der Waals surface area contributed by atoms with Gasteiger partial charge in [-0.3, -0.25) is 0 Å². The zero-order valence-corrected chi connectivity index (χ0v) is 6.52. The normalized spacial score (nSPS) is 10.8. The van der Waals surface area contributed by atoms with Crippen molar-refractivity contribution < 1.29 is 23.0 Å². The smallest absolute Gasteiger partial charge is 0.202 e. The van der Waals surface area contributed by atoms with Crippen LogP contribution < -0.4 is 5.30 Å². The quantitative estimate of drug-likeness (QED) is 0.520. The molecule has 1 aromatic carbocycles. The Morgan fingerprint density at radius 3 is 2.08 bits per heavy atom. The second-order valence-corrected chi connectivity index (χ2v) is 3.04. The molecule has 0 aliphatic carbocycles. The highest BCUT2D eigenvalue weighted by Crippen LogP contribution is 2.25. The van der Waals surface area contributed by atoms with E-state index in [0.29, 0.717) is 6.07 Å². The summed E-state index contributed by atoms with van der Waals surface area (Å²) in [6.45, 7) is 0. The van der Waals surface area contributed by atoms with Crippen molar-refractivity contribution in [3.05, 3.63) is 29.6 Å². The molecule has 0 aliphatic heterocycles. The van der Waals surface area contributed by atoms with Crippen LogP contribution in [-0.2, 0) is 0 Å². The van der Waals surface area contributed by atoms with Gasteiger partial charge in [0.2, 0.25) is 8.38 Å². The summed E-state index contributed by atoms with van der Waals surface area (Å²) in [6, 6.07) is 1.43. The molecule has 0 radical (unpaired) electrons. The second kappa shape index (κ2) is 3.39. The van der Waals surface area contributed by atoms with Crippen molar-refractivity contribution in [1.29, 1.82) is 0 Å². The van der Waals surface area contributed by atoms with Crippen molar-refractivity contribution in [2.24, 2.45) is 0 Å². The van der Waals surface area contributed by atoms with Gasteiger partial charge in [0, 0.05) is 0 Å². The van der Waals surface area contributed by atoms with Crippen LogP contribution in [0.5, 0.6) is 0 Å². The van der Waals surface area contributed by atoms with E-state index in [9.17, 15) is 13.2 Å². The third-order valence-electron chi connectivity index (χ3n) is 1.23. The minimum atomic E-state index is -2.73. The number of hydrogen-bond acceptors (Lipinski definition) is 2. The van der Waals surface area contributed by atoms with Gasteiger partial charge in [-0.05, 0) is 12.1 Å². The van der Waals surface area contributed by atoms with E-state index < -0.39 is 31.1 Å². The van der Waals surface area contributed by atoms with E-state index >= 15 is 0 Å². The first-order chi connectivity index (χ1) is 5.54. The molecule has 0 aromatic heterocycles. The van der Waals surface area contributed by atoms with E-state index in [1.165, 1.54) is 0 Å². The topological polar surface area (TPSA) is 40.5 Å². The van der Waals surface area contributed by atoms with Crippen LogP contribution in [0.2, 0.25) is 0 Å². The largest absolute Gasteiger partial charge is 0.347 e. The lowest BCUT2D eigenvalue weighted by atomic mass is 10.3. The van der Waals surface area contributed by atoms with Gasteiger partial charge in [0.1, 0.15) is 0 Å². The highest BCUT2D eigenvalue weighted by atomic mass is 31.2.